The summed E-state index contributed by atoms with van der Waals surface area (Å²) in [7, 11) is 0. The summed E-state index contributed by atoms with van der Waals surface area (Å²) in [4.78, 5) is 0. The molecule has 0 unspecified atom stereocenters. The topological polar surface area (TPSA) is 0 Å². The molecule has 0 spiro atoms. The van der Waals surface area contributed by atoms with Crippen LogP contribution in [0.3, 0.4) is 0 Å². The summed E-state index contributed by atoms with van der Waals surface area (Å²) in [5, 5.41) is 0. The molecular formula is C27H24. The van der Waals surface area contributed by atoms with Gasteiger partial charge < -0.3 is 0 Å². The largest absolute Gasteiger partial charge is 0.0622 e. The lowest BCUT2D eigenvalue weighted by molar-refractivity contribution is 1.32. The van der Waals surface area contributed by atoms with Gasteiger partial charge >= 0.3 is 0 Å². The molecule has 0 amide bonds. The van der Waals surface area contributed by atoms with Gasteiger partial charge in [-0.05, 0) is 70.8 Å². The van der Waals surface area contributed by atoms with Gasteiger partial charge in [0.05, 0.1) is 0 Å². The zero-order chi connectivity index (χ0) is 18.8. The highest BCUT2D eigenvalue weighted by molar-refractivity contribution is 5.91. The van der Waals surface area contributed by atoms with Crippen LogP contribution in [-0.4, -0.2) is 0 Å². The second-order valence-corrected chi connectivity index (χ2v) is 7.10. The van der Waals surface area contributed by atoms with Crippen molar-refractivity contribution in [2.45, 2.75) is 20.8 Å². The summed E-state index contributed by atoms with van der Waals surface area (Å²) < 4.78 is 0. The van der Waals surface area contributed by atoms with Crippen molar-refractivity contribution in [1.82, 2.24) is 0 Å². The van der Waals surface area contributed by atoms with E-state index in [2.05, 4.69) is 112 Å². The molecule has 0 heteroatoms. The Morgan fingerprint density at radius 2 is 0.556 bits per heavy atom. The summed E-state index contributed by atoms with van der Waals surface area (Å²) >= 11 is 0. The van der Waals surface area contributed by atoms with E-state index in [9.17, 15) is 0 Å². The zero-order valence-corrected chi connectivity index (χ0v) is 16.2. The van der Waals surface area contributed by atoms with Crippen LogP contribution in [0.1, 0.15) is 16.7 Å². The van der Waals surface area contributed by atoms with Gasteiger partial charge in [0.15, 0.2) is 0 Å². The first-order valence-electron chi connectivity index (χ1n) is 9.48. The highest BCUT2D eigenvalue weighted by Crippen LogP contribution is 2.43. The van der Waals surface area contributed by atoms with Gasteiger partial charge in [-0.25, -0.2) is 0 Å². The van der Waals surface area contributed by atoms with Crippen LogP contribution in [0, 0.1) is 20.8 Å². The van der Waals surface area contributed by atoms with Crippen molar-refractivity contribution in [3.63, 3.8) is 0 Å². The number of rotatable bonds is 3. The van der Waals surface area contributed by atoms with Crippen molar-refractivity contribution in [1.29, 1.82) is 0 Å². The van der Waals surface area contributed by atoms with Crippen molar-refractivity contribution in [3.05, 3.63) is 108 Å². The Bertz CT molecular complexity index is 897. The van der Waals surface area contributed by atoms with Gasteiger partial charge in [-0.1, -0.05) is 91.0 Å². The van der Waals surface area contributed by atoms with Gasteiger partial charge in [0.1, 0.15) is 0 Å². The highest BCUT2D eigenvalue weighted by Gasteiger charge is 2.19. The van der Waals surface area contributed by atoms with Crippen LogP contribution in [0.25, 0.3) is 33.4 Å². The van der Waals surface area contributed by atoms with Crippen LogP contribution in [0.2, 0.25) is 0 Å². The van der Waals surface area contributed by atoms with E-state index >= 15 is 0 Å². The summed E-state index contributed by atoms with van der Waals surface area (Å²) in [5.74, 6) is 0. The minimum Gasteiger partial charge on any atom is -0.0622 e. The van der Waals surface area contributed by atoms with Gasteiger partial charge in [-0.3, -0.25) is 0 Å². The molecule has 0 saturated carbocycles. The van der Waals surface area contributed by atoms with Crippen LogP contribution in [0.15, 0.2) is 91.0 Å². The predicted octanol–water partition coefficient (Wildman–Crippen LogP) is 7.61. The smallest absolute Gasteiger partial charge is 0.0113 e. The van der Waals surface area contributed by atoms with E-state index in [0.717, 1.165) is 0 Å². The molecule has 4 aromatic rings. The van der Waals surface area contributed by atoms with Crippen LogP contribution >= 0.6 is 0 Å². The van der Waals surface area contributed by atoms with Gasteiger partial charge in [-0.15, -0.1) is 0 Å². The first-order chi connectivity index (χ1) is 13.2. The average molecular weight is 348 g/mol. The molecule has 4 aromatic carbocycles. The van der Waals surface area contributed by atoms with E-state index in [0.29, 0.717) is 0 Å². The molecule has 0 bridgehead atoms. The Morgan fingerprint density at radius 3 is 0.778 bits per heavy atom. The monoisotopic (exact) mass is 348 g/mol. The van der Waals surface area contributed by atoms with E-state index < -0.39 is 0 Å². The standard InChI is InChI=1S/C27H24/c1-19-25(22-13-7-4-8-14-22)20(2)27(24-17-11-6-12-18-24)21(3)26(19)23-15-9-5-10-16-23/h4-18H,1-3H3. The van der Waals surface area contributed by atoms with E-state index in [-0.39, 0.29) is 0 Å². The molecule has 0 fully saturated rings. The van der Waals surface area contributed by atoms with Crippen LogP contribution in [-0.2, 0) is 0 Å². The molecule has 0 N–H and O–H groups in total. The van der Waals surface area contributed by atoms with E-state index in [1.807, 2.05) is 0 Å². The lowest BCUT2D eigenvalue weighted by Crippen LogP contribution is -2.00. The highest BCUT2D eigenvalue weighted by atomic mass is 14.2. The van der Waals surface area contributed by atoms with Crippen molar-refractivity contribution in [3.8, 4) is 33.4 Å². The molecule has 0 aromatic heterocycles. The van der Waals surface area contributed by atoms with Gasteiger partial charge in [0.25, 0.3) is 0 Å². The maximum absolute atomic E-state index is 2.26. The second kappa shape index (κ2) is 7.25. The lowest BCUT2D eigenvalue weighted by atomic mass is 9.81. The third-order valence-electron chi connectivity index (χ3n) is 5.44. The fraction of sp³-hybridized carbons (Fsp3) is 0.111. The SMILES string of the molecule is Cc1c(-c2ccccc2)c(C)c(-c2ccccc2)c(C)c1-c1ccccc1. The molecule has 0 aliphatic rings. The van der Waals surface area contributed by atoms with E-state index in [4.69, 9.17) is 0 Å². The molecular weight excluding hydrogens is 324 g/mol. The minimum atomic E-state index is 1.28. The second-order valence-electron chi connectivity index (χ2n) is 7.10. The van der Waals surface area contributed by atoms with Crippen LogP contribution < -0.4 is 0 Å². The molecule has 4 rings (SSSR count). The Labute approximate surface area is 162 Å². The number of hydrogen-bond acceptors (Lipinski definition) is 0. The number of hydrogen-bond donors (Lipinski definition) is 0. The van der Waals surface area contributed by atoms with Gasteiger partial charge in [0.2, 0.25) is 0 Å². The Balaban J connectivity index is 2.12. The molecule has 132 valence electrons. The van der Waals surface area contributed by atoms with Crippen molar-refractivity contribution in [2.24, 2.45) is 0 Å². The third-order valence-corrected chi connectivity index (χ3v) is 5.44. The molecule has 27 heavy (non-hydrogen) atoms. The fourth-order valence-corrected chi connectivity index (χ4v) is 4.33. The van der Waals surface area contributed by atoms with Gasteiger partial charge in [-0.2, -0.15) is 0 Å². The summed E-state index contributed by atoms with van der Waals surface area (Å²) in [5.41, 5.74) is 11.9. The molecule has 0 atom stereocenters. The minimum absolute atomic E-state index is 1.28. The van der Waals surface area contributed by atoms with Crippen molar-refractivity contribution < 1.29 is 0 Å². The zero-order valence-electron chi connectivity index (χ0n) is 16.2. The molecule has 0 aliphatic heterocycles. The maximum Gasteiger partial charge on any atom is -0.0113 e. The lowest BCUT2D eigenvalue weighted by Gasteiger charge is -2.23. The summed E-state index contributed by atoms with van der Waals surface area (Å²) in [6.07, 6.45) is 0. The Hall–Kier alpha value is -3.12. The van der Waals surface area contributed by atoms with Crippen molar-refractivity contribution >= 4 is 0 Å². The third kappa shape index (κ3) is 3.08. The first-order valence-corrected chi connectivity index (χ1v) is 9.48. The molecule has 0 aliphatic carbocycles. The number of benzene rings is 4. The normalized spacial score (nSPS) is 10.8. The summed E-state index contributed by atoms with van der Waals surface area (Å²) in [6.45, 7) is 6.79. The fourth-order valence-electron chi connectivity index (χ4n) is 4.33. The van der Waals surface area contributed by atoms with Crippen LogP contribution in [0.4, 0.5) is 0 Å². The molecule has 0 heterocycles. The Morgan fingerprint density at radius 1 is 0.333 bits per heavy atom. The average Bonchev–Trinajstić information content (AvgIpc) is 2.70. The van der Waals surface area contributed by atoms with E-state index in [1.54, 1.807) is 0 Å². The predicted molar refractivity (Wildman–Crippen MR) is 117 cm³/mol. The van der Waals surface area contributed by atoms with Crippen LogP contribution in [0.5, 0.6) is 0 Å². The first kappa shape index (κ1) is 17.3. The van der Waals surface area contributed by atoms with Crippen molar-refractivity contribution in [2.75, 3.05) is 0 Å². The maximum atomic E-state index is 2.26. The molecule has 0 nitrogen and oxygen atoms in total. The Kier molecular flexibility index (Phi) is 4.64. The summed E-state index contributed by atoms with van der Waals surface area (Å²) in [6, 6.07) is 32.3. The quantitative estimate of drug-likeness (QED) is 0.357. The molecule has 0 saturated heterocycles. The van der Waals surface area contributed by atoms with Gasteiger partial charge in [0, 0.05) is 0 Å². The molecule has 0 radical (unpaired) electrons. The van der Waals surface area contributed by atoms with E-state index in [1.165, 1.54) is 50.1 Å².